The van der Waals surface area contributed by atoms with Gasteiger partial charge in [0, 0.05) is 28.4 Å². The first kappa shape index (κ1) is 14.3. The van der Waals surface area contributed by atoms with Gasteiger partial charge in [0.05, 0.1) is 12.1 Å². The third kappa shape index (κ3) is 3.69. The monoisotopic (exact) mass is 299 g/mol. The van der Waals surface area contributed by atoms with Crippen molar-refractivity contribution in [2.24, 2.45) is 0 Å². The van der Waals surface area contributed by atoms with Crippen LogP contribution in [-0.2, 0) is 6.54 Å². The van der Waals surface area contributed by atoms with Crippen LogP contribution < -0.4 is 10.1 Å². The topological polar surface area (TPSA) is 21.3 Å². The highest BCUT2D eigenvalue weighted by Gasteiger charge is 2.12. The van der Waals surface area contributed by atoms with Crippen LogP contribution in [0.1, 0.15) is 23.4 Å². The molecule has 0 spiro atoms. The molecule has 0 aliphatic rings. The lowest BCUT2D eigenvalue weighted by atomic mass is 10.1. The van der Waals surface area contributed by atoms with Gasteiger partial charge < -0.3 is 10.1 Å². The SMILES string of the molecule is COc1ccc(F)cc1C(C)NCc1cc(Cl)cs1. The van der Waals surface area contributed by atoms with Gasteiger partial charge in [0.25, 0.3) is 0 Å². The number of benzene rings is 1. The Bertz CT molecular complexity index is 558. The Balaban J connectivity index is 2.06. The molecule has 2 rings (SSSR count). The van der Waals surface area contributed by atoms with E-state index in [1.165, 1.54) is 12.1 Å². The Hall–Kier alpha value is -1.10. The van der Waals surface area contributed by atoms with Gasteiger partial charge in [0.2, 0.25) is 0 Å². The maximum absolute atomic E-state index is 13.3. The predicted octanol–water partition coefficient (Wildman–Crippen LogP) is 4.40. The molecular weight excluding hydrogens is 285 g/mol. The van der Waals surface area contributed by atoms with E-state index in [2.05, 4.69) is 5.32 Å². The van der Waals surface area contributed by atoms with Crippen LogP contribution in [0.3, 0.4) is 0 Å². The fourth-order valence-electron chi connectivity index (χ4n) is 1.85. The molecule has 1 aromatic heterocycles. The summed E-state index contributed by atoms with van der Waals surface area (Å²) in [6.45, 7) is 2.67. The molecule has 2 nitrogen and oxygen atoms in total. The van der Waals surface area contributed by atoms with Gasteiger partial charge in [0.15, 0.2) is 0 Å². The number of halogens is 2. The zero-order valence-corrected chi connectivity index (χ0v) is 12.3. The molecule has 1 N–H and O–H groups in total. The van der Waals surface area contributed by atoms with Crippen molar-refractivity contribution in [3.63, 3.8) is 0 Å². The van der Waals surface area contributed by atoms with Gasteiger partial charge in [-0.1, -0.05) is 11.6 Å². The summed E-state index contributed by atoms with van der Waals surface area (Å²) in [5.41, 5.74) is 0.810. The standard InChI is InChI=1S/C14H15ClFNOS/c1-9(17-7-12-5-10(15)8-19-12)13-6-11(16)3-4-14(13)18-2/h3-6,8-9,17H,7H2,1-2H3. The average Bonchev–Trinajstić information content (AvgIpc) is 2.81. The van der Waals surface area contributed by atoms with Crippen molar-refractivity contribution in [3.05, 3.63) is 50.9 Å². The van der Waals surface area contributed by atoms with E-state index in [0.29, 0.717) is 12.3 Å². The molecule has 1 unspecified atom stereocenters. The first-order valence-corrected chi connectivity index (χ1v) is 7.15. The summed E-state index contributed by atoms with van der Waals surface area (Å²) in [6, 6.07) is 6.46. The van der Waals surface area contributed by atoms with Crippen molar-refractivity contribution in [2.75, 3.05) is 7.11 Å². The highest BCUT2D eigenvalue weighted by atomic mass is 35.5. The normalized spacial score (nSPS) is 12.4. The maximum Gasteiger partial charge on any atom is 0.123 e. The van der Waals surface area contributed by atoms with E-state index in [0.717, 1.165) is 15.5 Å². The second-order valence-electron chi connectivity index (χ2n) is 4.22. The molecule has 0 saturated carbocycles. The molecule has 0 aliphatic carbocycles. The third-order valence-corrected chi connectivity index (χ3v) is 4.15. The summed E-state index contributed by atoms with van der Waals surface area (Å²) in [6.07, 6.45) is 0. The van der Waals surface area contributed by atoms with Crippen LogP contribution in [0.25, 0.3) is 0 Å². The fraction of sp³-hybridized carbons (Fsp3) is 0.286. The van der Waals surface area contributed by atoms with Gasteiger partial charge in [-0.2, -0.15) is 0 Å². The van der Waals surface area contributed by atoms with Crippen LogP contribution in [0.5, 0.6) is 5.75 Å². The maximum atomic E-state index is 13.3. The van der Waals surface area contributed by atoms with Gasteiger partial charge >= 0.3 is 0 Å². The molecule has 0 bridgehead atoms. The quantitative estimate of drug-likeness (QED) is 0.883. The summed E-state index contributed by atoms with van der Waals surface area (Å²) >= 11 is 7.47. The molecule has 5 heteroatoms. The summed E-state index contributed by atoms with van der Waals surface area (Å²) in [5, 5.41) is 5.98. The van der Waals surface area contributed by atoms with Crippen LogP contribution >= 0.6 is 22.9 Å². The number of hydrogen-bond acceptors (Lipinski definition) is 3. The summed E-state index contributed by atoms with van der Waals surface area (Å²) in [5.74, 6) is 0.425. The summed E-state index contributed by atoms with van der Waals surface area (Å²) < 4.78 is 18.6. The van der Waals surface area contributed by atoms with Gasteiger partial charge in [0.1, 0.15) is 11.6 Å². The lowest BCUT2D eigenvalue weighted by Crippen LogP contribution is -2.18. The number of methoxy groups -OCH3 is 1. The highest BCUT2D eigenvalue weighted by molar-refractivity contribution is 7.10. The second kappa shape index (κ2) is 6.37. The van der Waals surface area contributed by atoms with Gasteiger partial charge in [-0.3, -0.25) is 0 Å². The average molecular weight is 300 g/mol. The zero-order chi connectivity index (χ0) is 13.8. The molecule has 0 radical (unpaired) electrons. The van der Waals surface area contributed by atoms with Crippen LogP contribution in [0, 0.1) is 5.82 Å². The van der Waals surface area contributed by atoms with Crippen molar-refractivity contribution >= 4 is 22.9 Å². The number of ether oxygens (including phenoxy) is 1. The van der Waals surface area contributed by atoms with E-state index >= 15 is 0 Å². The highest BCUT2D eigenvalue weighted by Crippen LogP contribution is 2.26. The summed E-state index contributed by atoms with van der Waals surface area (Å²) in [4.78, 5) is 1.15. The second-order valence-corrected chi connectivity index (χ2v) is 5.65. The molecule has 1 atom stereocenters. The molecule has 19 heavy (non-hydrogen) atoms. The van der Waals surface area contributed by atoms with Crippen molar-refractivity contribution in [1.82, 2.24) is 5.32 Å². The molecule has 1 aromatic carbocycles. The molecule has 102 valence electrons. The minimum atomic E-state index is -0.261. The number of thiophene rings is 1. The first-order valence-electron chi connectivity index (χ1n) is 5.90. The van der Waals surface area contributed by atoms with Crippen LogP contribution in [0.4, 0.5) is 4.39 Å². The van der Waals surface area contributed by atoms with E-state index in [-0.39, 0.29) is 11.9 Å². The van der Waals surface area contributed by atoms with Crippen molar-refractivity contribution in [1.29, 1.82) is 0 Å². The van der Waals surface area contributed by atoms with E-state index in [9.17, 15) is 4.39 Å². The van der Waals surface area contributed by atoms with Gasteiger partial charge in [-0.15, -0.1) is 11.3 Å². The van der Waals surface area contributed by atoms with E-state index in [1.807, 2.05) is 18.4 Å². The molecule has 2 aromatic rings. The Kier molecular flexibility index (Phi) is 4.80. The first-order chi connectivity index (χ1) is 9.10. The Morgan fingerprint density at radius 2 is 2.21 bits per heavy atom. The minimum Gasteiger partial charge on any atom is -0.496 e. The minimum absolute atomic E-state index is 0.00785. The van der Waals surface area contributed by atoms with Gasteiger partial charge in [-0.05, 0) is 31.2 Å². The summed E-state index contributed by atoms with van der Waals surface area (Å²) in [7, 11) is 1.59. The Labute approximate surface area is 121 Å². The zero-order valence-electron chi connectivity index (χ0n) is 10.7. The third-order valence-electron chi connectivity index (χ3n) is 2.86. The van der Waals surface area contributed by atoms with Crippen LogP contribution in [0.2, 0.25) is 5.02 Å². The molecule has 0 aliphatic heterocycles. The Morgan fingerprint density at radius 1 is 1.42 bits per heavy atom. The number of nitrogens with one attached hydrogen (secondary N) is 1. The van der Waals surface area contributed by atoms with Crippen molar-refractivity contribution in [2.45, 2.75) is 19.5 Å². The number of hydrogen-bond donors (Lipinski definition) is 1. The van der Waals surface area contributed by atoms with Crippen molar-refractivity contribution < 1.29 is 9.13 Å². The van der Waals surface area contributed by atoms with Crippen LogP contribution in [0.15, 0.2) is 29.6 Å². The lowest BCUT2D eigenvalue weighted by Gasteiger charge is -2.17. The Morgan fingerprint density at radius 3 is 2.84 bits per heavy atom. The molecule has 0 amide bonds. The molecular formula is C14H15ClFNOS. The largest absolute Gasteiger partial charge is 0.496 e. The van der Waals surface area contributed by atoms with E-state index < -0.39 is 0 Å². The molecule has 0 fully saturated rings. The number of rotatable bonds is 5. The van der Waals surface area contributed by atoms with Gasteiger partial charge in [-0.25, -0.2) is 4.39 Å². The molecule has 1 heterocycles. The smallest absolute Gasteiger partial charge is 0.123 e. The van der Waals surface area contributed by atoms with Crippen LogP contribution in [-0.4, -0.2) is 7.11 Å². The fourth-order valence-corrected chi connectivity index (χ4v) is 2.88. The molecule has 0 saturated heterocycles. The van der Waals surface area contributed by atoms with Crippen molar-refractivity contribution in [3.8, 4) is 5.75 Å². The predicted molar refractivity (Wildman–Crippen MR) is 77.5 cm³/mol. The van der Waals surface area contributed by atoms with E-state index in [1.54, 1.807) is 24.5 Å². The lowest BCUT2D eigenvalue weighted by molar-refractivity contribution is 0.400. The van der Waals surface area contributed by atoms with E-state index in [4.69, 9.17) is 16.3 Å².